The highest BCUT2D eigenvalue weighted by molar-refractivity contribution is 7.15. The van der Waals surface area contributed by atoms with Crippen molar-refractivity contribution in [3.05, 3.63) is 35.1 Å². The minimum Gasteiger partial charge on any atom is -0.394 e. The SMILES string of the molecule is Cc1nc2sccn2c1C(=O)NC1(CO)CC=CC1. The van der Waals surface area contributed by atoms with Crippen LogP contribution >= 0.6 is 11.3 Å². The molecule has 6 heteroatoms. The van der Waals surface area contributed by atoms with E-state index in [2.05, 4.69) is 10.3 Å². The van der Waals surface area contributed by atoms with Gasteiger partial charge in [-0.25, -0.2) is 4.98 Å². The van der Waals surface area contributed by atoms with E-state index in [1.54, 1.807) is 4.40 Å². The van der Waals surface area contributed by atoms with Gasteiger partial charge in [0.15, 0.2) is 4.96 Å². The van der Waals surface area contributed by atoms with Gasteiger partial charge in [-0.3, -0.25) is 9.20 Å². The number of hydrogen-bond donors (Lipinski definition) is 2. The second-order valence-electron chi connectivity index (χ2n) is 4.87. The lowest BCUT2D eigenvalue weighted by Gasteiger charge is -2.27. The fourth-order valence-corrected chi connectivity index (χ4v) is 3.20. The number of imidazole rings is 1. The quantitative estimate of drug-likeness (QED) is 0.836. The summed E-state index contributed by atoms with van der Waals surface area (Å²) in [6, 6.07) is 0. The Balaban J connectivity index is 1.91. The number of hydrogen-bond acceptors (Lipinski definition) is 4. The van der Waals surface area contributed by atoms with Gasteiger partial charge < -0.3 is 10.4 Å². The maximum Gasteiger partial charge on any atom is 0.270 e. The molecule has 2 N–H and O–H groups in total. The van der Waals surface area contributed by atoms with Crippen molar-refractivity contribution in [2.75, 3.05) is 6.61 Å². The number of nitrogens with zero attached hydrogens (tertiary/aromatic N) is 2. The van der Waals surface area contributed by atoms with Crippen molar-refractivity contribution >= 4 is 22.2 Å². The maximum atomic E-state index is 12.5. The molecule has 2 aromatic rings. The van der Waals surface area contributed by atoms with Crippen molar-refractivity contribution in [3.63, 3.8) is 0 Å². The first-order valence-corrected chi connectivity index (χ1v) is 7.04. The number of carbonyl (C=O) groups is 1. The number of fused-ring (bicyclic) bond motifs is 1. The highest BCUT2D eigenvalue weighted by Gasteiger charge is 2.33. The van der Waals surface area contributed by atoms with E-state index in [0.29, 0.717) is 24.2 Å². The number of amides is 1. The molecule has 0 aromatic carbocycles. The summed E-state index contributed by atoms with van der Waals surface area (Å²) in [5, 5.41) is 14.4. The van der Waals surface area contributed by atoms with E-state index in [-0.39, 0.29) is 12.5 Å². The van der Waals surface area contributed by atoms with Gasteiger partial charge in [-0.05, 0) is 19.8 Å². The van der Waals surface area contributed by atoms with Crippen LogP contribution in [0.25, 0.3) is 4.96 Å². The molecule has 0 saturated heterocycles. The zero-order valence-corrected chi connectivity index (χ0v) is 11.4. The van der Waals surface area contributed by atoms with Gasteiger partial charge in [-0.1, -0.05) is 12.2 Å². The molecule has 0 spiro atoms. The standard InChI is InChI=1S/C13H15N3O2S/c1-9-10(16-6-7-19-12(16)14-9)11(18)15-13(8-17)4-2-3-5-13/h2-3,6-7,17H,4-5,8H2,1H3,(H,15,18). The van der Waals surface area contributed by atoms with Crippen LogP contribution in [0.15, 0.2) is 23.7 Å². The van der Waals surface area contributed by atoms with Crippen LogP contribution in [-0.2, 0) is 0 Å². The Kier molecular flexibility index (Phi) is 2.91. The fraction of sp³-hybridized carbons (Fsp3) is 0.385. The van der Waals surface area contributed by atoms with Gasteiger partial charge in [0.05, 0.1) is 17.8 Å². The summed E-state index contributed by atoms with van der Waals surface area (Å²) in [7, 11) is 0. The summed E-state index contributed by atoms with van der Waals surface area (Å²) in [6.45, 7) is 1.77. The Morgan fingerprint density at radius 2 is 2.32 bits per heavy atom. The Hall–Kier alpha value is -1.66. The third-order valence-electron chi connectivity index (χ3n) is 3.52. The van der Waals surface area contributed by atoms with Crippen molar-refractivity contribution < 1.29 is 9.90 Å². The molecule has 19 heavy (non-hydrogen) atoms. The lowest BCUT2D eigenvalue weighted by molar-refractivity contribution is 0.0839. The van der Waals surface area contributed by atoms with Crippen LogP contribution in [0.4, 0.5) is 0 Å². The molecule has 2 heterocycles. The average Bonchev–Trinajstić information content (AvgIpc) is 3.04. The number of aryl methyl sites for hydroxylation is 1. The number of aromatic nitrogens is 2. The minimum atomic E-state index is -0.552. The number of nitrogens with one attached hydrogen (secondary N) is 1. The topological polar surface area (TPSA) is 66.6 Å². The predicted octanol–water partition coefficient (Wildman–Crippen LogP) is 1.52. The van der Waals surface area contributed by atoms with Crippen LogP contribution in [0, 0.1) is 6.92 Å². The zero-order chi connectivity index (χ0) is 13.5. The molecule has 0 unspecified atom stereocenters. The Morgan fingerprint density at radius 1 is 1.58 bits per heavy atom. The maximum absolute atomic E-state index is 12.5. The highest BCUT2D eigenvalue weighted by Crippen LogP contribution is 2.24. The molecule has 100 valence electrons. The predicted molar refractivity (Wildman–Crippen MR) is 73.5 cm³/mol. The molecule has 5 nitrogen and oxygen atoms in total. The van der Waals surface area contributed by atoms with Crippen LogP contribution in [0.1, 0.15) is 29.0 Å². The molecule has 3 rings (SSSR count). The Morgan fingerprint density at radius 3 is 3.00 bits per heavy atom. The lowest BCUT2D eigenvalue weighted by Crippen LogP contribution is -2.49. The Labute approximate surface area is 114 Å². The molecule has 0 radical (unpaired) electrons. The molecule has 0 saturated carbocycles. The number of aliphatic hydroxyl groups excluding tert-OH is 1. The highest BCUT2D eigenvalue weighted by atomic mass is 32.1. The second-order valence-corrected chi connectivity index (χ2v) is 5.75. The average molecular weight is 277 g/mol. The van der Waals surface area contributed by atoms with Crippen molar-refractivity contribution in [1.82, 2.24) is 14.7 Å². The van der Waals surface area contributed by atoms with Crippen LogP contribution in [0.5, 0.6) is 0 Å². The van der Waals surface area contributed by atoms with Gasteiger partial charge in [0.1, 0.15) is 5.69 Å². The molecule has 1 amide bonds. The number of carbonyl (C=O) groups excluding carboxylic acids is 1. The number of thiazole rings is 1. The summed E-state index contributed by atoms with van der Waals surface area (Å²) in [5.41, 5.74) is 0.711. The molecular formula is C13H15N3O2S. The molecule has 1 aliphatic rings. The normalized spacial score (nSPS) is 17.2. The summed E-state index contributed by atoms with van der Waals surface area (Å²) in [4.78, 5) is 17.6. The van der Waals surface area contributed by atoms with E-state index in [1.165, 1.54) is 11.3 Å². The smallest absolute Gasteiger partial charge is 0.270 e. The number of rotatable bonds is 3. The summed E-state index contributed by atoms with van der Waals surface area (Å²) in [5.74, 6) is -0.179. The molecule has 0 bridgehead atoms. The molecular weight excluding hydrogens is 262 g/mol. The van der Waals surface area contributed by atoms with Gasteiger partial charge in [0.2, 0.25) is 0 Å². The first-order valence-electron chi connectivity index (χ1n) is 6.16. The van der Waals surface area contributed by atoms with E-state index >= 15 is 0 Å². The van der Waals surface area contributed by atoms with E-state index < -0.39 is 5.54 Å². The summed E-state index contributed by atoms with van der Waals surface area (Å²) < 4.78 is 1.79. The van der Waals surface area contributed by atoms with Crippen molar-refractivity contribution in [2.24, 2.45) is 0 Å². The van der Waals surface area contributed by atoms with Gasteiger partial charge >= 0.3 is 0 Å². The molecule has 2 aromatic heterocycles. The third kappa shape index (κ3) is 1.97. The summed E-state index contributed by atoms with van der Waals surface area (Å²) >= 11 is 1.50. The summed E-state index contributed by atoms with van der Waals surface area (Å²) in [6.07, 6.45) is 7.15. The van der Waals surface area contributed by atoms with Crippen molar-refractivity contribution in [1.29, 1.82) is 0 Å². The van der Waals surface area contributed by atoms with Gasteiger partial charge in [0.25, 0.3) is 5.91 Å². The van der Waals surface area contributed by atoms with Crippen molar-refractivity contribution in [3.8, 4) is 0 Å². The lowest BCUT2D eigenvalue weighted by atomic mass is 9.97. The van der Waals surface area contributed by atoms with E-state index in [9.17, 15) is 9.90 Å². The van der Waals surface area contributed by atoms with E-state index in [0.717, 1.165) is 4.96 Å². The van der Waals surface area contributed by atoms with Gasteiger partial charge in [-0.15, -0.1) is 11.3 Å². The Bertz CT molecular complexity index is 648. The molecule has 0 atom stereocenters. The van der Waals surface area contributed by atoms with E-state index in [4.69, 9.17) is 0 Å². The second kappa shape index (κ2) is 4.47. The minimum absolute atomic E-state index is 0.0592. The largest absolute Gasteiger partial charge is 0.394 e. The monoisotopic (exact) mass is 277 g/mol. The van der Waals surface area contributed by atoms with Crippen LogP contribution in [0.2, 0.25) is 0 Å². The van der Waals surface area contributed by atoms with E-state index in [1.807, 2.05) is 30.7 Å². The fourth-order valence-electron chi connectivity index (χ4n) is 2.44. The molecule has 0 fully saturated rings. The number of aliphatic hydroxyl groups is 1. The van der Waals surface area contributed by atoms with Crippen LogP contribution in [-0.4, -0.2) is 32.5 Å². The first kappa shape index (κ1) is 12.4. The molecule has 1 aliphatic carbocycles. The van der Waals surface area contributed by atoms with Crippen LogP contribution < -0.4 is 5.32 Å². The van der Waals surface area contributed by atoms with Gasteiger partial charge in [-0.2, -0.15) is 0 Å². The third-order valence-corrected chi connectivity index (χ3v) is 4.27. The van der Waals surface area contributed by atoms with Gasteiger partial charge in [0, 0.05) is 11.6 Å². The zero-order valence-electron chi connectivity index (χ0n) is 10.6. The molecule has 0 aliphatic heterocycles. The van der Waals surface area contributed by atoms with Crippen molar-refractivity contribution in [2.45, 2.75) is 25.3 Å². The first-order chi connectivity index (χ1) is 9.15. The van der Waals surface area contributed by atoms with Crippen LogP contribution in [0.3, 0.4) is 0 Å².